The van der Waals surface area contributed by atoms with Crippen LogP contribution in [0.5, 0.6) is 6.01 Å². The second kappa shape index (κ2) is 10.9. The summed E-state index contributed by atoms with van der Waals surface area (Å²) in [6, 6.07) is 8.30. The number of rotatable bonds is 3. The second-order valence-corrected chi connectivity index (χ2v) is 13.1. The van der Waals surface area contributed by atoms with Crippen molar-refractivity contribution in [2.24, 2.45) is 5.92 Å². The number of anilines is 2. The zero-order chi connectivity index (χ0) is 29.0. The Bertz CT molecular complexity index is 1680. The van der Waals surface area contributed by atoms with Crippen LogP contribution < -0.4 is 20.7 Å². The van der Waals surface area contributed by atoms with E-state index in [1.807, 2.05) is 13.0 Å². The first-order valence-electron chi connectivity index (χ1n) is 13.8. The fourth-order valence-corrected chi connectivity index (χ4v) is 7.81. The third-order valence-electron chi connectivity index (χ3n) is 8.21. The number of ether oxygens (including phenoxy) is 1. The Hall–Kier alpha value is -3.23. The quantitative estimate of drug-likeness (QED) is 0.297. The monoisotopic (exact) mass is 593 g/mol. The lowest BCUT2D eigenvalue weighted by Crippen LogP contribution is -2.51. The molecule has 3 aliphatic heterocycles. The minimum absolute atomic E-state index is 0.0967. The predicted octanol–water partition coefficient (Wildman–Crippen LogP) is 5.58. The van der Waals surface area contributed by atoms with Crippen LogP contribution in [0.1, 0.15) is 30.2 Å². The number of nitrogens with one attached hydrogen (secondary N) is 1. The molecular weight excluding hydrogens is 561 g/mol. The molecule has 3 aliphatic rings. The van der Waals surface area contributed by atoms with Crippen molar-refractivity contribution in [3.05, 3.63) is 39.5 Å². The van der Waals surface area contributed by atoms with Crippen LogP contribution in [0.15, 0.2) is 18.2 Å². The molecule has 214 valence electrons. The SMILES string of the molecule is CC1CN(C)C1.COc1nc(N2CC3CCC(C2)N3)c2cc(Cl)c(-c3c(C)sc4ccc(N)c(C#N)c34)c(F)c2n1. The summed E-state index contributed by atoms with van der Waals surface area (Å²) in [7, 11) is 3.62. The van der Waals surface area contributed by atoms with Crippen LogP contribution in [0.2, 0.25) is 5.02 Å². The number of halogens is 2. The van der Waals surface area contributed by atoms with Gasteiger partial charge in [-0.1, -0.05) is 18.5 Å². The van der Waals surface area contributed by atoms with Crippen LogP contribution in [0.25, 0.3) is 32.1 Å². The summed E-state index contributed by atoms with van der Waals surface area (Å²) >= 11 is 8.27. The molecule has 7 rings (SSSR count). The molecule has 3 fully saturated rings. The molecule has 3 N–H and O–H groups in total. The third kappa shape index (κ3) is 4.95. The molecule has 8 nitrogen and oxygen atoms in total. The molecule has 0 saturated carbocycles. The number of aryl methyl sites for hydroxylation is 1. The number of benzene rings is 2. The number of nitrogen functional groups attached to an aromatic ring is 1. The summed E-state index contributed by atoms with van der Waals surface area (Å²) in [6.07, 6.45) is 2.21. The highest BCUT2D eigenvalue weighted by Gasteiger charge is 2.34. The third-order valence-corrected chi connectivity index (χ3v) is 9.58. The van der Waals surface area contributed by atoms with E-state index in [-0.39, 0.29) is 22.1 Å². The summed E-state index contributed by atoms with van der Waals surface area (Å²) < 4.78 is 22.6. The van der Waals surface area contributed by atoms with Crippen molar-refractivity contribution in [3.63, 3.8) is 0 Å². The van der Waals surface area contributed by atoms with Crippen molar-refractivity contribution in [2.75, 3.05) is 51.0 Å². The number of piperazine rings is 1. The molecule has 4 aromatic rings. The maximum absolute atomic E-state index is 16.4. The summed E-state index contributed by atoms with van der Waals surface area (Å²) in [4.78, 5) is 14.3. The van der Waals surface area contributed by atoms with Gasteiger partial charge in [-0.2, -0.15) is 15.2 Å². The van der Waals surface area contributed by atoms with Gasteiger partial charge in [0.25, 0.3) is 0 Å². The lowest BCUT2D eigenvalue weighted by Gasteiger charge is -2.34. The van der Waals surface area contributed by atoms with Crippen LogP contribution in [-0.4, -0.2) is 67.3 Å². The van der Waals surface area contributed by atoms with Crippen molar-refractivity contribution < 1.29 is 9.13 Å². The van der Waals surface area contributed by atoms with E-state index in [0.29, 0.717) is 45.5 Å². The van der Waals surface area contributed by atoms with Crippen LogP contribution in [0, 0.1) is 30.0 Å². The Morgan fingerprint density at radius 3 is 2.46 bits per heavy atom. The van der Waals surface area contributed by atoms with Gasteiger partial charge in [0.2, 0.25) is 0 Å². The van der Waals surface area contributed by atoms with E-state index in [1.165, 1.54) is 31.5 Å². The Kier molecular flexibility index (Phi) is 7.41. The zero-order valence-electron chi connectivity index (χ0n) is 23.6. The van der Waals surface area contributed by atoms with E-state index in [1.54, 1.807) is 12.1 Å². The molecule has 41 heavy (non-hydrogen) atoms. The molecule has 0 radical (unpaired) electrons. The molecule has 3 saturated heterocycles. The lowest BCUT2D eigenvalue weighted by atomic mass is 9.96. The molecule has 0 aliphatic carbocycles. The van der Waals surface area contributed by atoms with Crippen molar-refractivity contribution in [2.45, 2.75) is 38.8 Å². The number of hydrogen-bond donors (Lipinski definition) is 2. The van der Waals surface area contributed by atoms with Gasteiger partial charge in [-0.25, -0.2) is 4.39 Å². The summed E-state index contributed by atoms with van der Waals surface area (Å²) in [6.45, 7) is 8.32. The topological polar surface area (TPSA) is 103 Å². The average Bonchev–Trinajstić information content (AvgIpc) is 3.45. The van der Waals surface area contributed by atoms with Gasteiger partial charge in [-0.05, 0) is 50.9 Å². The van der Waals surface area contributed by atoms with E-state index in [0.717, 1.165) is 41.4 Å². The molecule has 2 bridgehead atoms. The number of methoxy groups -OCH3 is 1. The lowest BCUT2D eigenvalue weighted by molar-refractivity contribution is 0.149. The smallest absolute Gasteiger partial charge is 0.318 e. The predicted molar refractivity (Wildman–Crippen MR) is 165 cm³/mol. The van der Waals surface area contributed by atoms with E-state index >= 15 is 4.39 Å². The van der Waals surface area contributed by atoms with Gasteiger partial charge in [-0.3, -0.25) is 0 Å². The first-order valence-corrected chi connectivity index (χ1v) is 15.0. The summed E-state index contributed by atoms with van der Waals surface area (Å²) in [5.41, 5.74) is 7.66. The number of nitrogens with two attached hydrogens (primary N) is 1. The van der Waals surface area contributed by atoms with Crippen LogP contribution in [0.3, 0.4) is 0 Å². The number of aromatic nitrogens is 2. The van der Waals surface area contributed by atoms with Crippen molar-refractivity contribution in [1.82, 2.24) is 20.2 Å². The van der Waals surface area contributed by atoms with E-state index in [9.17, 15) is 5.26 Å². The highest BCUT2D eigenvalue weighted by molar-refractivity contribution is 7.19. The summed E-state index contributed by atoms with van der Waals surface area (Å²) in [5, 5.41) is 14.8. The van der Waals surface area contributed by atoms with E-state index in [4.69, 9.17) is 22.1 Å². The van der Waals surface area contributed by atoms with Crippen LogP contribution >= 0.6 is 22.9 Å². The maximum atomic E-state index is 16.4. The first-order chi connectivity index (χ1) is 19.7. The van der Waals surface area contributed by atoms with Gasteiger partial charge < -0.3 is 25.6 Å². The van der Waals surface area contributed by atoms with Gasteiger partial charge in [0.05, 0.1) is 23.4 Å². The molecular formula is C30H33ClFN7OS. The van der Waals surface area contributed by atoms with Gasteiger partial charge in [0.1, 0.15) is 17.4 Å². The zero-order valence-corrected chi connectivity index (χ0v) is 25.2. The molecule has 2 aromatic heterocycles. The normalized spacial score (nSPS) is 20.6. The van der Waals surface area contributed by atoms with Crippen molar-refractivity contribution >= 4 is 55.4 Å². The molecule has 2 unspecified atom stereocenters. The highest BCUT2D eigenvalue weighted by Crippen LogP contribution is 2.47. The number of hydrogen-bond acceptors (Lipinski definition) is 9. The molecule has 0 amide bonds. The van der Waals surface area contributed by atoms with E-state index < -0.39 is 5.82 Å². The summed E-state index contributed by atoms with van der Waals surface area (Å²) in [5.74, 6) is 1.02. The van der Waals surface area contributed by atoms with Crippen molar-refractivity contribution in [1.29, 1.82) is 5.26 Å². The Balaban J connectivity index is 0.000000449. The Morgan fingerprint density at radius 1 is 1.17 bits per heavy atom. The number of likely N-dealkylation sites (tertiary alicyclic amines) is 1. The molecule has 5 heterocycles. The molecule has 0 spiro atoms. The number of thiophene rings is 1. The first kappa shape index (κ1) is 27.9. The fourth-order valence-electron chi connectivity index (χ4n) is 6.45. The van der Waals surface area contributed by atoms with Gasteiger partial charge in [-0.15, -0.1) is 11.3 Å². The standard InChI is InChI=1S/C25H22ClFN6OS.C5H11N/c1-11-19(20-15(8-28)17(29)5-6-18(20)35-11)21-16(26)7-14-23(22(21)27)31-25(34-2)32-24(14)33-9-12-3-4-13(10-33)30-12;1-5-3-6(2)4-5/h5-7,12-13,30H,3-4,9-10,29H2,1-2H3;5H,3-4H2,1-2H3. The minimum atomic E-state index is -0.568. The molecule has 11 heteroatoms. The highest BCUT2D eigenvalue weighted by atomic mass is 35.5. The number of nitrogens with zero attached hydrogens (tertiary/aromatic N) is 5. The van der Waals surface area contributed by atoms with Crippen molar-refractivity contribution in [3.8, 4) is 23.2 Å². The number of fused-ring (bicyclic) bond motifs is 4. The molecule has 2 atom stereocenters. The van der Waals surface area contributed by atoms with E-state index in [2.05, 4.69) is 45.1 Å². The fraction of sp³-hybridized carbons (Fsp3) is 0.433. The maximum Gasteiger partial charge on any atom is 0.318 e. The molecule has 2 aromatic carbocycles. The van der Waals surface area contributed by atoms with Gasteiger partial charge >= 0.3 is 6.01 Å². The minimum Gasteiger partial charge on any atom is -0.467 e. The Morgan fingerprint density at radius 2 is 1.88 bits per heavy atom. The van der Waals surface area contributed by atoms with Crippen LogP contribution in [0.4, 0.5) is 15.9 Å². The number of nitriles is 1. The van der Waals surface area contributed by atoms with Gasteiger partial charge in [0, 0.05) is 69.7 Å². The second-order valence-electron chi connectivity index (χ2n) is 11.4. The van der Waals surface area contributed by atoms with Gasteiger partial charge in [0.15, 0.2) is 5.82 Å². The van der Waals surface area contributed by atoms with Crippen LogP contribution in [-0.2, 0) is 0 Å². The average molecular weight is 594 g/mol. The Labute approximate surface area is 247 Å². The largest absolute Gasteiger partial charge is 0.467 e.